The molecule has 0 radical (unpaired) electrons. The van der Waals surface area contributed by atoms with E-state index < -0.39 is 0 Å². The van der Waals surface area contributed by atoms with Crippen LogP contribution in [0.2, 0.25) is 0 Å². The number of hydrogen-bond acceptors (Lipinski definition) is 8. The van der Waals surface area contributed by atoms with Gasteiger partial charge in [-0.05, 0) is 50.4 Å². The van der Waals surface area contributed by atoms with E-state index in [0.29, 0.717) is 17.5 Å². The Morgan fingerprint density at radius 3 is 2.61 bits per heavy atom. The summed E-state index contributed by atoms with van der Waals surface area (Å²) in [6.45, 7) is 3.96. The van der Waals surface area contributed by atoms with E-state index in [1.54, 1.807) is 18.1 Å². The van der Waals surface area contributed by atoms with Crippen LogP contribution in [0.4, 0.5) is 0 Å². The second-order valence-electron chi connectivity index (χ2n) is 6.08. The van der Waals surface area contributed by atoms with E-state index in [1.165, 1.54) is 16.7 Å². The Balaban J connectivity index is 1.46. The number of thioether (sulfide) groups is 2. The van der Waals surface area contributed by atoms with E-state index in [2.05, 4.69) is 25.2 Å². The van der Waals surface area contributed by atoms with E-state index >= 15 is 0 Å². The van der Waals surface area contributed by atoms with Crippen LogP contribution in [-0.4, -0.2) is 36.1 Å². The van der Waals surface area contributed by atoms with Gasteiger partial charge in [-0.2, -0.15) is 10.1 Å². The Hall–Kier alpha value is -2.65. The Morgan fingerprint density at radius 1 is 1.07 bits per heavy atom. The minimum Gasteiger partial charge on any atom is -0.338 e. The van der Waals surface area contributed by atoms with E-state index in [9.17, 15) is 0 Å². The summed E-state index contributed by atoms with van der Waals surface area (Å²) in [5, 5.41) is 9.37. The number of hydrogen-bond donors (Lipinski definition) is 0. The number of aryl methyl sites for hydroxylation is 2. The first kappa shape index (κ1) is 18.7. The van der Waals surface area contributed by atoms with Crippen LogP contribution in [0.5, 0.6) is 0 Å². The summed E-state index contributed by atoms with van der Waals surface area (Å²) in [6, 6.07) is 12.0. The molecule has 28 heavy (non-hydrogen) atoms. The molecule has 0 aliphatic carbocycles. The van der Waals surface area contributed by atoms with Gasteiger partial charge in [-0.25, -0.2) is 14.6 Å². The molecular formula is C19H18N6OS2. The van der Waals surface area contributed by atoms with Crippen LogP contribution < -0.4 is 0 Å². The zero-order chi connectivity index (χ0) is 19.5. The van der Waals surface area contributed by atoms with Crippen LogP contribution in [-0.2, 0) is 5.75 Å². The van der Waals surface area contributed by atoms with Crippen molar-refractivity contribution in [3.8, 4) is 17.2 Å². The van der Waals surface area contributed by atoms with Crippen molar-refractivity contribution in [2.24, 2.45) is 0 Å². The lowest BCUT2D eigenvalue weighted by atomic mass is 10.2. The molecule has 0 amide bonds. The molecule has 0 saturated heterocycles. The van der Waals surface area contributed by atoms with Crippen molar-refractivity contribution in [2.75, 3.05) is 6.26 Å². The summed E-state index contributed by atoms with van der Waals surface area (Å²) in [7, 11) is 0. The Labute approximate surface area is 171 Å². The molecule has 4 aromatic rings. The van der Waals surface area contributed by atoms with Crippen molar-refractivity contribution in [2.45, 2.75) is 29.5 Å². The summed E-state index contributed by atoms with van der Waals surface area (Å²) in [4.78, 5) is 14.3. The number of nitrogens with zero attached hydrogens (tertiary/aromatic N) is 6. The Morgan fingerprint density at radius 2 is 1.89 bits per heavy atom. The average Bonchev–Trinajstić information content (AvgIpc) is 3.33. The highest BCUT2D eigenvalue weighted by Crippen LogP contribution is 2.24. The lowest BCUT2D eigenvalue weighted by Crippen LogP contribution is -2.02. The van der Waals surface area contributed by atoms with Crippen molar-refractivity contribution in [3.05, 3.63) is 60.0 Å². The van der Waals surface area contributed by atoms with E-state index in [4.69, 9.17) is 4.52 Å². The third-order valence-electron chi connectivity index (χ3n) is 4.01. The minimum atomic E-state index is 0.531. The standard InChI is InChI=1S/C19H18N6OS2/c1-12-8-13(2)25(23-12)16-9-18(21-11-20-16)28-10-17-22-19(24-26-17)14-4-6-15(27-3)7-5-14/h4-9,11H,10H2,1-3H3. The molecule has 0 aliphatic rings. The van der Waals surface area contributed by atoms with Gasteiger partial charge in [0.15, 0.2) is 5.82 Å². The largest absolute Gasteiger partial charge is 0.338 e. The van der Waals surface area contributed by atoms with Gasteiger partial charge in [0.1, 0.15) is 11.4 Å². The minimum absolute atomic E-state index is 0.531. The zero-order valence-electron chi connectivity index (χ0n) is 15.7. The average molecular weight is 411 g/mol. The summed E-state index contributed by atoms with van der Waals surface area (Å²) in [5.41, 5.74) is 2.92. The lowest BCUT2D eigenvalue weighted by molar-refractivity contribution is 0.391. The van der Waals surface area contributed by atoms with E-state index in [-0.39, 0.29) is 0 Å². The fourth-order valence-corrected chi connectivity index (χ4v) is 3.80. The highest BCUT2D eigenvalue weighted by Gasteiger charge is 2.11. The van der Waals surface area contributed by atoms with Crippen molar-refractivity contribution in [3.63, 3.8) is 0 Å². The maximum atomic E-state index is 5.39. The predicted molar refractivity (Wildman–Crippen MR) is 110 cm³/mol. The molecule has 0 saturated carbocycles. The van der Waals surface area contributed by atoms with Gasteiger partial charge in [-0.15, -0.1) is 11.8 Å². The molecule has 1 aromatic carbocycles. The molecule has 0 aliphatic heterocycles. The van der Waals surface area contributed by atoms with Gasteiger partial charge in [0.05, 0.1) is 11.4 Å². The topological polar surface area (TPSA) is 82.5 Å². The smallest absolute Gasteiger partial charge is 0.237 e. The molecular weight excluding hydrogens is 392 g/mol. The second kappa shape index (κ2) is 8.15. The lowest BCUT2D eigenvalue weighted by Gasteiger charge is -2.04. The molecule has 3 aromatic heterocycles. The van der Waals surface area contributed by atoms with Crippen LogP contribution in [0.1, 0.15) is 17.3 Å². The highest BCUT2D eigenvalue weighted by molar-refractivity contribution is 7.98. The van der Waals surface area contributed by atoms with Crippen LogP contribution in [0.15, 0.2) is 57.2 Å². The highest BCUT2D eigenvalue weighted by atomic mass is 32.2. The van der Waals surface area contributed by atoms with Gasteiger partial charge < -0.3 is 4.52 Å². The van der Waals surface area contributed by atoms with Crippen LogP contribution in [0, 0.1) is 13.8 Å². The van der Waals surface area contributed by atoms with Crippen LogP contribution >= 0.6 is 23.5 Å². The molecule has 0 atom stereocenters. The first-order chi connectivity index (χ1) is 13.6. The maximum Gasteiger partial charge on any atom is 0.237 e. The number of rotatable bonds is 6. The molecule has 0 fully saturated rings. The first-order valence-corrected chi connectivity index (χ1v) is 10.8. The normalized spacial score (nSPS) is 11.1. The maximum absolute atomic E-state index is 5.39. The summed E-state index contributed by atoms with van der Waals surface area (Å²) in [6.07, 6.45) is 3.59. The molecule has 0 bridgehead atoms. The summed E-state index contributed by atoms with van der Waals surface area (Å²) < 4.78 is 7.20. The molecule has 9 heteroatoms. The zero-order valence-corrected chi connectivity index (χ0v) is 17.3. The summed E-state index contributed by atoms with van der Waals surface area (Å²) in [5.74, 6) is 2.42. The number of aromatic nitrogens is 6. The van der Waals surface area contributed by atoms with E-state index in [0.717, 1.165) is 27.8 Å². The molecule has 0 spiro atoms. The van der Waals surface area contributed by atoms with Crippen molar-refractivity contribution < 1.29 is 4.52 Å². The predicted octanol–water partition coefficient (Wildman–Crippen LogP) is 4.34. The van der Waals surface area contributed by atoms with Gasteiger partial charge >= 0.3 is 0 Å². The molecule has 4 rings (SSSR count). The van der Waals surface area contributed by atoms with E-state index in [1.807, 2.05) is 61.2 Å². The van der Waals surface area contributed by atoms with Gasteiger partial charge in [0.25, 0.3) is 0 Å². The molecule has 3 heterocycles. The fraction of sp³-hybridized carbons (Fsp3) is 0.211. The fourth-order valence-electron chi connectivity index (χ4n) is 2.69. The molecule has 0 unspecified atom stereocenters. The SMILES string of the molecule is CSc1ccc(-c2noc(CSc3cc(-n4nc(C)cc4C)ncn3)n2)cc1. The van der Waals surface area contributed by atoms with Crippen LogP contribution in [0.3, 0.4) is 0 Å². The van der Waals surface area contributed by atoms with Crippen molar-refractivity contribution in [1.82, 2.24) is 29.9 Å². The Bertz CT molecular complexity index is 1090. The van der Waals surface area contributed by atoms with Crippen molar-refractivity contribution in [1.29, 1.82) is 0 Å². The second-order valence-corrected chi connectivity index (χ2v) is 7.96. The Kier molecular flexibility index (Phi) is 5.45. The summed E-state index contributed by atoms with van der Waals surface area (Å²) >= 11 is 3.22. The third kappa shape index (κ3) is 4.10. The first-order valence-electron chi connectivity index (χ1n) is 8.58. The van der Waals surface area contributed by atoms with Crippen molar-refractivity contribution >= 4 is 23.5 Å². The molecule has 7 nitrogen and oxygen atoms in total. The third-order valence-corrected chi connectivity index (χ3v) is 5.67. The monoisotopic (exact) mass is 410 g/mol. The van der Waals surface area contributed by atoms with Gasteiger partial charge in [-0.3, -0.25) is 0 Å². The molecule has 142 valence electrons. The molecule has 0 N–H and O–H groups in total. The van der Waals surface area contributed by atoms with Gasteiger partial charge in [0, 0.05) is 22.2 Å². The number of benzene rings is 1. The quantitative estimate of drug-likeness (QED) is 0.343. The van der Waals surface area contributed by atoms with Crippen LogP contribution in [0.25, 0.3) is 17.2 Å². The van der Waals surface area contributed by atoms with Gasteiger partial charge in [-0.1, -0.05) is 16.9 Å². The van der Waals surface area contributed by atoms with Gasteiger partial charge in [0.2, 0.25) is 11.7 Å².